The maximum absolute atomic E-state index is 6.06. The number of aryl methyl sites for hydroxylation is 2. The average Bonchev–Trinajstić information content (AvgIpc) is 2.42. The van der Waals surface area contributed by atoms with Crippen molar-refractivity contribution in [2.45, 2.75) is 27.7 Å². The predicted octanol–water partition coefficient (Wildman–Crippen LogP) is 3.66. The van der Waals surface area contributed by atoms with Crippen molar-refractivity contribution in [2.24, 2.45) is 0 Å². The molecule has 4 nitrogen and oxygen atoms in total. The van der Waals surface area contributed by atoms with Crippen molar-refractivity contribution in [3.8, 4) is 11.4 Å². The molecule has 0 spiro atoms. The van der Waals surface area contributed by atoms with Crippen molar-refractivity contribution >= 4 is 17.5 Å². The molecule has 1 heterocycles. The molecule has 0 amide bonds. The van der Waals surface area contributed by atoms with Gasteiger partial charge < -0.3 is 4.90 Å². The number of nitrogens with zero attached hydrogens (tertiary/aromatic N) is 4. The zero-order valence-corrected chi connectivity index (χ0v) is 13.1. The van der Waals surface area contributed by atoms with Gasteiger partial charge in [0, 0.05) is 18.7 Å². The molecule has 5 heteroatoms. The third-order valence-electron chi connectivity index (χ3n) is 3.28. The number of rotatable bonds is 4. The van der Waals surface area contributed by atoms with Crippen LogP contribution in [0.3, 0.4) is 0 Å². The van der Waals surface area contributed by atoms with Crippen LogP contribution < -0.4 is 4.90 Å². The fourth-order valence-electron chi connectivity index (χ4n) is 2.08. The smallest absolute Gasteiger partial charge is 0.230 e. The molecule has 106 valence electrons. The molecule has 0 aliphatic rings. The van der Waals surface area contributed by atoms with Crippen LogP contribution in [-0.4, -0.2) is 28.0 Å². The molecule has 1 aromatic carbocycles. The van der Waals surface area contributed by atoms with Gasteiger partial charge in [0.25, 0.3) is 0 Å². The first-order valence-electron chi connectivity index (χ1n) is 6.79. The van der Waals surface area contributed by atoms with Gasteiger partial charge >= 0.3 is 0 Å². The molecule has 0 unspecified atom stereocenters. The molecular weight excluding hydrogens is 272 g/mol. The quantitative estimate of drug-likeness (QED) is 0.862. The van der Waals surface area contributed by atoms with Gasteiger partial charge in [-0.15, -0.1) is 0 Å². The Labute approximate surface area is 124 Å². The number of benzene rings is 1. The second-order valence-corrected chi connectivity index (χ2v) is 5.06. The lowest BCUT2D eigenvalue weighted by Gasteiger charge is -2.19. The highest BCUT2D eigenvalue weighted by atomic mass is 35.5. The van der Waals surface area contributed by atoms with Gasteiger partial charge in [-0.3, -0.25) is 0 Å². The van der Waals surface area contributed by atoms with Gasteiger partial charge in [0.15, 0.2) is 5.82 Å². The summed E-state index contributed by atoms with van der Waals surface area (Å²) >= 11 is 6.06. The Hall–Kier alpha value is -1.68. The van der Waals surface area contributed by atoms with Crippen molar-refractivity contribution < 1.29 is 0 Å². The minimum Gasteiger partial charge on any atom is -0.341 e. The number of hydrogen-bond acceptors (Lipinski definition) is 4. The molecule has 0 radical (unpaired) electrons. The summed E-state index contributed by atoms with van der Waals surface area (Å²) < 4.78 is 0. The van der Waals surface area contributed by atoms with E-state index >= 15 is 0 Å². The van der Waals surface area contributed by atoms with E-state index in [1.807, 2.05) is 6.92 Å². The monoisotopic (exact) mass is 290 g/mol. The first-order valence-corrected chi connectivity index (χ1v) is 7.17. The molecule has 0 saturated carbocycles. The van der Waals surface area contributed by atoms with E-state index in [1.165, 1.54) is 5.56 Å². The van der Waals surface area contributed by atoms with Crippen molar-refractivity contribution in [1.82, 2.24) is 15.0 Å². The first-order chi connectivity index (χ1) is 9.55. The Morgan fingerprint density at radius 1 is 1.05 bits per heavy atom. The van der Waals surface area contributed by atoms with Gasteiger partial charge in [-0.05, 0) is 50.9 Å². The zero-order chi connectivity index (χ0) is 14.7. The topological polar surface area (TPSA) is 41.9 Å². The lowest BCUT2D eigenvalue weighted by atomic mass is 10.1. The highest BCUT2D eigenvalue weighted by Gasteiger charge is 2.13. The Balaban J connectivity index is 2.54. The Bertz CT molecular complexity index is 609. The van der Waals surface area contributed by atoms with Crippen molar-refractivity contribution in [2.75, 3.05) is 18.0 Å². The fourth-order valence-corrected chi connectivity index (χ4v) is 2.24. The molecule has 1 aromatic heterocycles. The van der Waals surface area contributed by atoms with Gasteiger partial charge in [-0.25, -0.2) is 0 Å². The average molecular weight is 291 g/mol. The highest BCUT2D eigenvalue weighted by molar-refractivity contribution is 6.28. The summed E-state index contributed by atoms with van der Waals surface area (Å²) in [6, 6.07) is 6.22. The van der Waals surface area contributed by atoms with Crippen molar-refractivity contribution in [1.29, 1.82) is 0 Å². The number of aromatic nitrogens is 3. The Kier molecular flexibility index (Phi) is 4.55. The third-order valence-corrected chi connectivity index (χ3v) is 3.45. The summed E-state index contributed by atoms with van der Waals surface area (Å²) in [5.41, 5.74) is 3.30. The standard InChI is InChI=1S/C15H19ClN4/c1-5-20(6-2)15-18-13(17-14(16)19-15)12-9-10(3)7-8-11(12)4/h7-9H,5-6H2,1-4H3. The van der Waals surface area contributed by atoms with Crippen LogP contribution in [0.5, 0.6) is 0 Å². The molecule has 2 rings (SSSR count). The van der Waals surface area contributed by atoms with Gasteiger partial charge in [-0.1, -0.05) is 17.7 Å². The summed E-state index contributed by atoms with van der Waals surface area (Å²) in [5, 5.41) is 0.234. The van der Waals surface area contributed by atoms with E-state index in [4.69, 9.17) is 11.6 Å². The highest BCUT2D eigenvalue weighted by Crippen LogP contribution is 2.24. The summed E-state index contributed by atoms with van der Waals surface area (Å²) in [6.07, 6.45) is 0. The van der Waals surface area contributed by atoms with E-state index in [2.05, 4.69) is 58.8 Å². The van der Waals surface area contributed by atoms with Crippen molar-refractivity contribution in [3.05, 3.63) is 34.6 Å². The van der Waals surface area contributed by atoms with Gasteiger partial charge in [0.1, 0.15) is 0 Å². The number of hydrogen-bond donors (Lipinski definition) is 0. The Morgan fingerprint density at radius 3 is 2.40 bits per heavy atom. The lowest BCUT2D eigenvalue weighted by Crippen LogP contribution is -2.24. The lowest BCUT2D eigenvalue weighted by molar-refractivity contribution is 0.813. The van der Waals surface area contributed by atoms with Gasteiger partial charge in [0.05, 0.1) is 0 Å². The second-order valence-electron chi connectivity index (χ2n) is 4.72. The third kappa shape index (κ3) is 3.07. The van der Waals surface area contributed by atoms with E-state index in [0.29, 0.717) is 11.8 Å². The summed E-state index contributed by atoms with van der Waals surface area (Å²) in [4.78, 5) is 15.1. The van der Waals surface area contributed by atoms with Crippen LogP contribution in [0.2, 0.25) is 5.28 Å². The molecule has 0 bridgehead atoms. The van der Waals surface area contributed by atoms with Crippen LogP contribution in [0.15, 0.2) is 18.2 Å². The van der Waals surface area contributed by atoms with Crippen LogP contribution in [0.25, 0.3) is 11.4 Å². The molecule has 0 fully saturated rings. The molecule has 0 N–H and O–H groups in total. The zero-order valence-electron chi connectivity index (χ0n) is 12.3. The van der Waals surface area contributed by atoms with E-state index in [-0.39, 0.29) is 5.28 Å². The van der Waals surface area contributed by atoms with Crippen LogP contribution in [-0.2, 0) is 0 Å². The molecule has 2 aromatic rings. The summed E-state index contributed by atoms with van der Waals surface area (Å²) in [6.45, 7) is 9.91. The van der Waals surface area contributed by atoms with Crippen LogP contribution in [0, 0.1) is 13.8 Å². The maximum Gasteiger partial charge on any atom is 0.230 e. The van der Waals surface area contributed by atoms with E-state index in [0.717, 1.165) is 24.2 Å². The van der Waals surface area contributed by atoms with Crippen molar-refractivity contribution in [3.63, 3.8) is 0 Å². The normalized spacial score (nSPS) is 10.7. The molecule has 0 atom stereocenters. The van der Waals surface area contributed by atoms with Crippen LogP contribution in [0.4, 0.5) is 5.95 Å². The predicted molar refractivity (Wildman–Crippen MR) is 83.3 cm³/mol. The van der Waals surface area contributed by atoms with E-state index < -0.39 is 0 Å². The summed E-state index contributed by atoms with van der Waals surface area (Å²) in [7, 11) is 0. The Morgan fingerprint density at radius 2 is 1.75 bits per heavy atom. The fraction of sp³-hybridized carbons (Fsp3) is 0.400. The minimum atomic E-state index is 0.234. The largest absolute Gasteiger partial charge is 0.341 e. The van der Waals surface area contributed by atoms with Crippen LogP contribution in [0.1, 0.15) is 25.0 Å². The second kappa shape index (κ2) is 6.18. The van der Waals surface area contributed by atoms with Gasteiger partial charge in [-0.2, -0.15) is 15.0 Å². The molecular formula is C15H19ClN4. The van der Waals surface area contributed by atoms with E-state index in [9.17, 15) is 0 Å². The summed E-state index contributed by atoms with van der Waals surface area (Å²) in [5.74, 6) is 1.26. The molecule has 20 heavy (non-hydrogen) atoms. The molecule has 0 saturated heterocycles. The number of anilines is 1. The molecule has 0 aliphatic heterocycles. The maximum atomic E-state index is 6.06. The SMILES string of the molecule is CCN(CC)c1nc(Cl)nc(-c2cc(C)ccc2C)n1. The molecule has 0 aliphatic carbocycles. The first kappa shape index (κ1) is 14.7. The van der Waals surface area contributed by atoms with Gasteiger partial charge in [0.2, 0.25) is 11.2 Å². The number of halogens is 1. The minimum absolute atomic E-state index is 0.234. The van der Waals surface area contributed by atoms with Crippen LogP contribution >= 0.6 is 11.6 Å². The van der Waals surface area contributed by atoms with E-state index in [1.54, 1.807) is 0 Å².